The molecule has 4 heteroatoms. The summed E-state index contributed by atoms with van der Waals surface area (Å²) in [4.78, 5) is 2.06. The van der Waals surface area contributed by atoms with Crippen LogP contribution in [0.25, 0.3) is 0 Å². The molecule has 1 aromatic carbocycles. The number of nitrogens with zero attached hydrogens (tertiary/aromatic N) is 2. The second-order valence-electron chi connectivity index (χ2n) is 5.67. The van der Waals surface area contributed by atoms with Crippen molar-refractivity contribution in [1.82, 2.24) is 5.32 Å². The topological polar surface area (TPSA) is 48.3 Å². The Hall–Kier alpha value is -1.73. The van der Waals surface area contributed by atoms with E-state index >= 15 is 0 Å². The zero-order valence-corrected chi connectivity index (χ0v) is 13.6. The molecule has 0 aliphatic rings. The smallest absolute Gasteiger partial charge is 0.121 e. The summed E-state index contributed by atoms with van der Waals surface area (Å²) in [6.07, 6.45) is 2.78. The maximum atomic E-state index is 9.19. The normalized spacial score (nSPS) is 13.3. The highest BCUT2D eigenvalue weighted by atomic mass is 16.5. The Balaban J connectivity index is 2.32. The van der Waals surface area contributed by atoms with Crippen molar-refractivity contribution in [3.05, 3.63) is 24.3 Å². The quantitative estimate of drug-likeness (QED) is 0.709. The van der Waals surface area contributed by atoms with Crippen molar-refractivity contribution >= 4 is 5.69 Å². The number of nitrogens with one attached hydrogen (secondary N) is 1. The van der Waals surface area contributed by atoms with Gasteiger partial charge in [-0.2, -0.15) is 5.26 Å². The van der Waals surface area contributed by atoms with Gasteiger partial charge in [0.25, 0.3) is 0 Å². The van der Waals surface area contributed by atoms with Crippen molar-refractivity contribution < 1.29 is 4.74 Å². The molecule has 0 bridgehead atoms. The molecule has 0 fully saturated rings. The van der Waals surface area contributed by atoms with Crippen LogP contribution in [-0.2, 0) is 0 Å². The van der Waals surface area contributed by atoms with Crippen molar-refractivity contribution in [2.24, 2.45) is 0 Å². The van der Waals surface area contributed by atoms with E-state index in [4.69, 9.17) is 4.74 Å². The summed E-state index contributed by atoms with van der Waals surface area (Å²) in [5, 5.41) is 12.4. The molecule has 1 rings (SSSR count). The lowest BCUT2D eigenvalue weighted by atomic mass is 9.97. The van der Waals surface area contributed by atoms with Crippen molar-refractivity contribution in [2.45, 2.75) is 38.6 Å². The Kier molecular flexibility index (Phi) is 7.04. The van der Waals surface area contributed by atoms with E-state index in [-0.39, 0.29) is 0 Å². The Morgan fingerprint density at radius 2 is 2.10 bits per heavy atom. The van der Waals surface area contributed by atoms with Crippen LogP contribution >= 0.6 is 0 Å². The SMILES string of the molecule is CCNC(C)(C#N)CCCCOc1cccc(N(C)C)c1. The number of hydrogen-bond acceptors (Lipinski definition) is 4. The lowest BCUT2D eigenvalue weighted by molar-refractivity contribution is 0.296. The fourth-order valence-electron chi connectivity index (χ4n) is 2.20. The van der Waals surface area contributed by atoms with Crippen LogP contribution in [0.1, 0.15) is 33.1 Å². The molecular formula is C17H27N3O. The van der Waals surface area contributed by atoms with Crippen LogP contribution in [0.15, 0.2) is 24.3 Å². The van der Waals surface area contributed by atoms with Gasteiger partial charge in [-0.1, -0.05) is 13.0 Å². The summed E-state index contributed by atoms with van der Waals surface area (Å²) in [7, 11) is 4.03. The van der Waals surface area contributed by atoms with Gasteiger partial charge >= 0.3 is 0 Å². The summed E-state index contributed by atoms with van der Waals surface area (Å²) < 4.78 is 5.78. The molecule has 1 atom stereocenters. The minimum absolute atomic E-state index is 0.417. The molecule has 0 amide bonds. The Labute approximate surface area is 128 Å². The summed E-state index contributed by atoms with van der Waals surface area (Å²) in [6, 6.07) is 10.4. The molecule has 21 heavy (non-hydrogen) atoms. The van der Waals surface area contributed by atoms with Crippen LogP contribution in [0.3, 0.4) is 0 Å². The third kappa shape index (κ3) is 6.05. The van der Waals surface area contributed by atoms with Crippen LogP contribution in [0, 0.1) is 11.3 Å². The lowest BCUT2D eigenvalue weighted by Crippen LogP contribution is -2.40. The highest BCUT2D eigenvalue weighted by Crippen LogP contribution is 2.20. The monoisotopic (exact) mass is 289 g/mol. The first-order valence-electron chi connectivity index (χ1n) is 7.57. The molecule has 0 heterocycles. The van der Waals surface area contributed by atoms with Gasteiger partial charge in [-0.05, 0) is 44.9 Å². The number of hydrogen-bond donors (Lipinski definition) is 1. The molecule has 0 radical (unpaired) electrons. The maximum Gasteiger partial charge on any atom is 0.121 e. The maximum absolute atomic E-state index is 9.19. The zero-order valence-electron chi connectivity index (χ0n) is 13.6. The average Bonchev–Trinajstić information content (AvgIpc) is 2.47. The third-order valence-electron chi connectivity index (χ3n) is 3.49. The Morgan fingerprint density at radius 1 is 1.33 bits per heavy atom. The van der Waals surface area contributed by atoms with Crippen LogP contribution in [0.4, 0.5) is 5.69 Å². The summed E-state index contributed by atoms with van der Waals surface area (Å²) in [5.41, 5.74) is 0.719. The van der Waals surface area contributed by atoms with E-state index in [0.717, 1.165) is 37.2 Å². The van der Waals surface area contributed by atoms with E-state index in [1.165, 1.54) is 0 Å². The standard InChI is InChI=1S/C17H27N3O/c1-5-19-17(2,14-18)11-6-7-12-21-16-10-8-9-15(13-16)20(3)4/h8-10,13,19H,5-7,11-12H2,1-4H3. The van der Waals surface area contributed by atoms with Crippen LogP contribution in [-0.4, -0.2) is 32.8 Å². The van der Waals surface area contributed by atoms with E-state index in [1.807, 2.05) is 46.1 Å². The fraction of sp³-hybridized carbons (Fsp3) is 0.588. The van der Waals surface area contributed by atoms with Crippen molar-refractivity contribution in [3.8, 4) is 11.8 Å². The number of anilines is 1. The van der Waals surface area contributed by atoms with Gasteiger partial charge in [0.1, 0.15) is 11.3 Å². The second kappa shape index (κ2) is 8.53. The molecule has 0 aliphatic carbocycles. The molecule has 0 saturated carbocycles. The molecule has 0 saturated heterocycles. The lowest BCUT2D eigenvalue weighted by Gasteiger charge is -2.22. The van der Waals surface area contributed by atoms with E-state index in [0.29, 0.717) is 6.61 Å². The number of nitriles is 1. The third-order valence-corrected chi connectivity index (χ3v) is 3.49. The minimum Gasteiger partial charge on any atom is -0.494 e. The Morgan fingerprint density at radius 3 is 2.71 bits per heavy atom. The largest absolute Gasteiger partial charge is 0.494 e. The summed E-state index contributed by atoms with van der Waals surface area (Å²) in [5.74, 6) is 0.899. The average molecular weight is 289 g/mol. The number of ether oxygens (including phenoxy) is 1. The molecule has 4 nitrogen and oxygen atoms in total. The van der Waals surface area contributed by atoms with Gasteiger partial charge in [-0.3, -0.25) is 5.32 Å². The van der Waals surface area contributed by atoms with Crippen molar-refractivity contribution in [3.63, 3.8) is 0 Å². The highest BCUT2D eigenvalue weighted by molar-refractivity contribution is 5.49. The molecular weight excluding hydrogens is 262 g/mol. The highest BCUT2D eigenvalue weighted by Gasteiger charge is 2.21. The summed E-state index contributed by atoms with van der Waals surface area (Å²) in [6.45, 7) is 5.48. The van der Waals surface area contributed by atoms with Crippen molar-refractivity contribution in [2.75, 3.05) is 32.1 Å². The van der Waals surface area contributed by atoms with Gasteiger partial charge in [0.2, 0.25) is 0 Å². The van der Waals surface area contributed by atoms with Crippen molar-refractivity contribution in [1.29, 1.82) is 5.26 Å². The second-order valence-corrected chi connectivity index (χ2v) is 5.67. The first kappa shape index (κ1) is 17.3. The van der Waals surface area contributed by atoms with Crippen LogP contribution in [0.5, 0.6) is 5.75 Å². The summed E-state index contributed by atoms with van der Waals surface area (Å²) >= 11 is 0. The molecule has 0 spiro atoms. The van der Waals surface area contributed by atoms with Gasteiger partial charge in [0.15, 0.2) is 0 Å². The van der Waals surface area contributed by atoms with Gasteiger partial charge in [0.05, 0.1) is 12.7 Å². The fourth-order valence-corrected chi connectivity index (χ4v) is 2.20. The number of benzene rings is 1. The van der Waals surface area contributed by atoms with E-state index in [1.54, 1.807) is 0 Å². The number of rotatable bonds is 9. The molecule has 1 aromatic rings. The van der Waals surface area contributed by atoms with Crippen LogP contribution < -0.4 is 15.0 Å². The van der Waals surface area contributed by atoms with E-state index < -0.39 is 5.54 Å². The van der Waals surface area contributed by atoms with Gasteiger partial charge in [-0.25, -0.2) is 0 Å². The minimum atomic E-state index is -0.417. The first-order valence-corrected chi connectivity index (χ1v) is 7.57. The van der Waals surface area contributed by atoms with E-state index in [2.05, 4.69) is 22.4 Å². The molecule has 116 valence electrons. The molecule has 1 unspecified atom stereocenters. The number of unbranched alkanes of at least 4 members (excludes halogenated alkanes) is 1. The zero-order chi connectivity index (χ0) is 15.7. The molecule has 0 aromatic heterocycles. The van der Waals surface area contributed by atoms with E-state index in [9.17, 15) is 5.26 Å². The van der Waals surface area contributed by atoms with Crippen LogP contribution in [0.2, 0.25) is 0 Å². The first-order chi connectivity index (χ1) is 10.0. The van der Waals surface area contributed by atoms with Gasteiger partial charge in [-0.15, -0.1) is 0 Å². The van der Waals surface area contributed by atoms with Gasteiger partial charge < -0.3 is 9.64 Å². The molecule has 1 N–H and O–H groups in total. The Bertz CT molecular complexity index is 467. The van der Waals surface area contributed by atoms with Gasteiger partial charge in [0, 0.05) is 25.8 Å². The molecule has 0 aliphatic heterocycles. The predicted molar refractivity (Wildman–Crippen MR) is 87.8 cm³/mol. The predicted octanol–water partition coefficient (Wildman–Crippen LogP) is 3.19.